The summed E-state index contributed by atoms with van der Waals surface area (Å²) in [5.74, 6) is -5.42. The first kappa shape index (κ1) is 27.2. The van der Waals surface area contributed by atoms with Crippen LogP contribution in [0.5, 0.6) is 0 Å². The third kappa shape index (κ3) is 4.93. The first-order valence-electron chi connectivity index (χ1n) is 10.6. The van der Waals surface area contributed by atoms with Gasteiger partial charge in [-0.1, -0.05) is 48.0 Å². The van der Waals surface area contributed by atoms with E-state index in [0.717, 1.165) is 21.6 Å². The number of esters is 1. The molecule has 2 saturated heterocycles. The second-order valence-electron chi connectivity index (χ2n) is 8.49. The zero-order chi connectivity index (χ0) is 27.0. The topological polar surface area (TPSA) is 113 Å². The normalized spacial score (nSPS) is 25.2. The van der Waals surface area contributed by atoms with Crippen LogP contribution in [0.4, 0.5) is 13.2 Å². The van der Waals surface area contributed by atoms with Crippen LogP contribution in [0.1, 0.15) is 18.5 Å². The summed E-state index contributed by atoms with van der Waals surface area (Å²) in [5, 5.41) is 11.0. The average molecular weight is 527 g/mol. The molecule has 0 aliphatic carbocycles. The molecular formula is C24H22ClF3N2O6. The van der Waals surface area contributed by atoms with E-state index in [1.165, 1.54) is 14.2 Å². The summed E-state index contributed by atoms with van der Waals surface area (Å²) >= 11 is 6.08. The Labute approximate surface area is 209 Å². The molecule has 4 atom stereocenters. The van der Waals surface area contributed by atoms with Crippen molar-refractivity contribution in [1.82, 2.24) is 10.2 Å². The van der Waals surface area contributed by atoms with E-state index in [2.05, 4.69) is 5.32 Å². The van der Waals surface area contributed by atoms with E-state index in [0.29, 0.717) is 5.02 Å². The van der Waals surface area contributed by atoms with Gasteiger partial charge in [0.15, 0.2) is 0 Å². The number of aliphatic carboxylic acids is 1. The van der Waals surface area contributed by atoms with Gasteiger partial charge in [0.2, 0.25) is 11.8 Å². The number of carbonyl (C=O) groups excluding carboxylic acids is 3. The Kier molecular flexibility index (Phi) is 7.47. The molecule has 12 heteroatoms. The number of halogens is 4. The standard InChI is InChI=1S/C22H21ClN2O4.C2HF3O2/c1-22(21(28)29-3)17-16(19(26)25(2)20(17)27)18(24-22)13-9-7-12(8-10-13)14-5-4-6-15(23)11-14;3-2(4,5)1(6)7/h4-11,16-18,24H,1-3H3;(H,6,7)/t16?,17?,18?,22-;/m1./s1. The van der Waals surface area contributed by atoms with E-state index < -0.39 is 41.5 Å². The molecule has 0 radical (unpaired) electrons. The van der Waals surface area contributed by atoms with Gasteiger partial charge in [-0.15, -0.1) is 0 Å². The summed E-state index contributed by atoms with van der Waals surface area (Å²) in [7, 11) is 2.74. The number of likely N-dealkylation sites (tertiary alicyclic amines) is 1. The monoisotopic (exact) mass is 526 g/mol. The van der Waals surface area contributed by atoms with Crippen LogP contribution in [-0.4, -0.2) is 59.6 Å². The number of nitrogens with zero attached hydrogens (tertiary/aromatic N) is 1. The molecule has 2 heterocycles. The Morgan fingerprint density at radius 3 is 2.17 bits per heavy atom. The van der Waals surface area contributed by atoms with Crippen molar-refractivity contribution in [2.45, 2.75) is 24.7 Å². The number of methoxy groups -OCH3 is 1. The van der Waals surface area contributed by atoms with Crippen molar-refractivity contribution in [1.29, 1.82) is 0 Å². The zero-order valence-electron chi connectivity index (χ0n) is 19.3. The molecular weight excluding hydrogens is 505 g/mol. The van der Waals surface area contributed by atoms with Gasteiger partial charge in [-0.3, -0.25) is 24.6 Å². The number of carbonyl (C=O) groups is 4. The number of carboxylic acid groups (broad SMARTS) is 1. The number of alkyl halides is 3. The minimum atomic E-state index is -5.08. The van der Waals surface area contributed by atoms with E-state index in [4.69, 9.17) is 26.2 Å². The minimum Gasteiger partial charge on any atom is -0.475 e. The summed E-state index contributed by atoms with van der Waals surface area (Å²) in [5.41, 5.74) is 1.52. The lowest BCUT2D eigenvalue weighted by atomic mass is 9.80. The first-order valence-corrected chi connectivity index (χ1v) is 10.9. The number of benzene rings is 2. The molecule has 2 amide bonds. The molecule has 2 aliphatic heterocycles. The lowest BCUT2D eigenvalue weighted by molar-refractivity contribution is -0.192. The Morgan fingerprint density at radius 2 is 1.67 bits per heavy atom. The van der Waals surface area contributed by atoms with Gasteiger partial charge in [-0.25, -0.2) is 4.79 Å². The Balaban J connectivity index is 0.000000454. The van der Waals surface area contributed by atoms with Crippen molar-refractivity contribution in [3.63, 3.8) is 0 Å². The maximum absolute atomic E-state index is 12.8. The second-order valence-corrected chi connectivity index (χ2v) is 8.93. The van der Waals surface area contributed by atoms with E-state index >= 15 is 0 Å². The fraction of sp³-hybridized carbons (Fsp3) is 0.333. The summed E-state index contributed by atoms with van der Waals surface area (Å²) in [6.07, 6.45) is -5.08. The highest BCUT2D eigenvalue weighted by Gasteiger charge is 2.66. The Hall–Kier alpha value is -3.44. The van der Waals surface area contributed by atoms with Crippen LogP contribution in [0.3, 0.4) is 0 Å². The van der Waals surface area contributed by atoms with Crippen LogP contribution in [0, 0.1) is 11.8 Å². The summed E-state index contributed by atoms with van der Waals surface area (Å²) in [6.45, 7) is 1.63. The van der Waals surface area contributed by atoms with Crippen LogP contribution >= 0.6 is 11.6 Å². The fourth-order valence-corrected chi connectivity index (χ4v) is 4.71. The van der Waals surface area contributed by atoms with Gasteiger partial charge in [-0.05, 0) is 35.7 Å². The molecule has 2 N–H and O–H groups in total. The number of nitrogens with one attached hydrogen (secondary N) is 1. The van der Waals surface area contributed by atoms with E-state index in [9.17, 15) is 27.6 Å². The summed E-state index contributed by atoms with van der Waals surface area (Å²) in [6, 6.07) is 14.8. The van der Waals surface area contributed by atoms with Crippen molar-refractivity contribution < 1.29 is 42.2 Å². The fourth-order valence-electron chi connectivity index (χ4n) is 4.52. The van der Waals surface area contributed by atoms with Crippen LogP contribution in [0.2, 0.25) is 5.02 Å². The molecule has 192 valence electrons. The van der Waals surface area contributed by atoms with Crippen molar-refractivity contribution in [2.75, 3.05) is 14.2 Å². The van der Waals surface area contributed by atoms with Crippen LogP contribution < -0.4 is 5.32 Å². The molecule has 2 aromatic carbocycles. The number of ether oxygens (including phenoxy) is 1. The Morgan fingerprint density at radius 1 is 1.08 bits per heavy atom. The summed E-state index contributed by atoms with van der Waals surface area (Å²) < 4.78 is 36.7. The molecule has 2 aliphatic rings. The smallest absolute Gasteiger partial charge is 0.475 e. The predicted octanol–water partition coefficient (Wildman–Crippen LogP) is 3.45. The molecule has 3 unspecified atom stereocenters. The molecule has 0 bridgehead atoms. The molecule has 0 spiro atoms. The number of carboxylic acids is 1. The van der Waals surface area contributed by atoms with E-state index in [1.54, 1.807) is 6.92 Å². The molecule has 8 nitrogen and oxygen atoms in total. The lowest BCUT2D eigenvalue weighted by Gasteiger charge is -2.27. The van der Waals surface area contributed by atoms with Gasteiger partial charge in [0.05, 0.1) is 18.9 Å². The van der Waals surface area contributed by atoms with E-state index in [-0.39, 0.29) is 11.8 Å². The average Bonchev–Trinajstić information content (AvgIpc) is 3.27. The molecule has 2 aromatic rings. The maximum Gasteiger partial charge on any atom is 0.490 e. The number of imide groups is 1. The van der Waals surface area contributed by atoms with Crippen molar-refractivity contribution >= 4 is 35.4 Å². The van der Waals surface area contributed by atoms with Crippen molar-refractivity contribution in [2.24, 2.45) is 11.8 Å². The third-order valence-corrected chi connectivity index (χ3v) is 6.52. The largest absolute Gasteiger partial charge is 0.490 e. The first-order chi connectivity index (χ1) is 16.7. The molecule has 36 heavy (non-hydrogen) atoms. The molecule has 0 aromatic heterocycles. The lowest BCUT2D eigenvalue weighted by Crippen LogP contribution is -2.53. The van der Waals surface area contributed by atoms with Crippen LogP contribution in [-0.2, 0) is 23.9 Å². The number of amides is 2. The van der Waals surface area contributed by atoms with Crippen molar-refractivity contribution in [3.05, 3.63) is 59.1 Å². The maximum atomic E-state index is 12.8. The predicted molar refractivity (Wildman–Crippen MR) is 122 cm³/mol. The zero-order valence-corrected chi connectivity index (χ0v) is 20.1. The highest BCUT2D eigenvalue weighted by atomic mass is 35.5. The van der Waals surface area contributed by atoms with Gasteiger partial charge in [0.25, 0.3) is 0 Å². The quantitative estimate of drug-likeness (QED) is 0.465. The number of hydrogen-bond acceptors (Lipinski definition) is 6. The minimum absolute atomic E-state index is 0.288. The molecule has 0 saturated carbocycles. The van der Waals surface area contributed by atoms with Crippen LogP contribution in [0.25, 0.3) is 11.1 Å². The highest BCUT2D eigenvalue weighted by Crippen LogP contribution is 2.48. The Bertz CT molecular complexity index is 1200. The number of fused-ring (bicyclic) bond motifs is 1. The number of hydrogen-bond donors (Lipinski definition) is 2. The second kappa shape index (κ2) is 9.90. The van der Waals surface area contributed by atoms with Gasteiger partial charge < -0.3 is 9.84 Å². The highest BCUT2D eigenvalue weighted by molar-refractivity contribution is 6.30. The van der Waals surface area contributed by atoms with E-state index in [1.807, 2.05) is 48.5 Å². The molecule has 4 rings (SSSR count). The number of rotatable bonds is 3. The van der Waals surface area contributed by atoms with Gasteiger partial charge >= 0.3 is 18.1 Å². The van der Waals surface area contributed by atoms with Gasteiger partial charge in [0, 0.05) is 18.1 Å². The van der Waals surface area contributed by atoms with Crippen LogP contribution in [0.15, 0.2) is 48.5 Å². The third-order valence-electron chi connectivity index (χ3n) is 6.29. The SMILES string of the molecule is COC(=O)[C@]1(C)NC(c2ccc(-c3cccc(Cl)c3)cc2)C2C(=O)N(C)C(=O)C21.O=C(O)C(F)(F)F. The van der Waals surface area contributed by atoms with Crippen molar-refractivity contribution in [3.8, 4) is 11.1 Å². The van der Waals surface area contributed by atoms with Gasteiger partial charge in [-0.2, -0.15) is 13.2 Å². The summed E-state index contributed by atoms with van der Waals surface area (Å²) in [4.78, 5) is 48.0. The molecule has 2 fully saturated rings. The van der Waals surface area contributed by atoms with Gasteiger partial charge in [0.1, 0.15) is 5.54 Å².